The summed E-state index contributed by atoms with van der Waals surface area (Å²) in [6.45, 7) is 4.26. The minimum atomic E-state index is -0.954. The normalized spacial score (nSPS) is 23.7. The summed E-state index contributed by atoms with van der Waals surface area (Å²) in [5.41, 5.74) is 6.66. The number of carboxylic acids is 1. The highest BCUT2D eigenvalue weighted by Crippen LogP contribution is 2.34. The molecule has 2 unspecified atom stereocenters. The standard InChI is InChI=1S/C15H26N4O3/c1-9(2)13(19(17)8-11(16)10-5-6-10)14(20)18-7-3-4-12(18)15(21)22/h8-10,12-13H,3-7,16-17H2,1-2H3,(H,21,22)/b11-8-. The topological polar surface area (TPSA) is 113 Å². The predicted octanol–water partition coefficient (Wildman–Crippen LogP) is 0.472. The van der Waals surface area contributed by atoms with Crippen molar-refractivity contribution < 1.29 is 14.7 Å². The van der Waals surface area contributed by atoms with Crippen LogP contribution >= 0.6 is 0 Å². The van der Waals surface area contributed by atoms with Gasteiger partial charge in [-0.2, -0.15) is 0 Å². The molecule has 1 saturated carbocycles. The lowest BCUT2D eigenvalue weighted by molar-refractivity contribution is -0.150. The SMILES string of the molecule is CC(C)C(C(=O)N1CCCC1C(=O)O)N(N)/C=C(\N)C1CC1. The third kappa shape index (κ3) is 3.52. The number of aliphatic carboxylic acids is 1. The molecule has 2 rings (SSSR count). The number of carbonyl (C=O) groups excluding carboxylic acids is 1. The first-order valence-electron chi connectivity index (χ1n) is 7.86. The Morgan fingerprint density at radius 1 is 1.32 bits per heavy atom. The van der Waals surface area contributed by atoms with E-state index in [-0.39, 0.29) is 11.8 Å². The molecule has 7 heteroatoms. The first-order valence-corrected chi connectivity index (χ1v) is 7.86. The Labute approximate surface area is 130 Å². The minimum absolute atomic E-state index is 0.0456. The number of likely N-dealkylation sites (tertiary alicyclic amines) is 1. The Balaban J connectivity index is 2.14. The van der Waals surface area contributed by atoms with Crippen molar-refractivity contribution >= 4 is 11.9 Å². The molecule has 2 fully saturated rings. The molecule has 22 heavy (non-hydrogen) atoms. The van der Waals surface area contributed by atoms with E-state index in [0.29, 0.717) is 31.0 Å². The van der Waals surface area contributed by atoms with Gasteiger partial charge < -0.3 is 20.7 Å². The van der Waals surface area contributed by atoms with Gasteiger partial charge in [0.1, 0.15) is 12.1 Å². The number of nitrogens with two attached hydrogens (primary N) is 2. The molecule has 124 valence electrons. The zero-order valence-electron chi connectivity index (χ0n) is 13.2. The Kier molecular flexibility index (Phi) is 4.95. The summed E-state index contributed by atoms with van der Waals surface area (Å²) < 4.78 is 0. The quantitative estimate of drug-likeness (QED) is 0.485. The molecule has 2 aliphatic rings. The third-order valence-corrected chi connectivity index (χ3v) is 4.37. The van der Waals surface area contributed by atoms with E-state index in [1.165, 1.54) is 9.91 Å². The summed E-state index contributed by atoms with van der Waals surface area (Å²) in [5, 5.41) is 10.6. The Morgan fingerprint density at radius 3 is 2.45 bits per heavy atom. The highest BCUT2D eigenvalue weighted by Gasteiger charge is 2.39. The van der Waals surface area contributed by atoms with Crippen LogP contribution in [-0.4, -0.2) is 45.5 Å². The van der Waals surface area contributed by atoms with Gasteiger partial charge in [-0.3, -0.25) is 4.79 Å². The van der Waals surface area contributed by atoms with Gasteiger partial charge in [-0.05, 0) is 31.6 Å². The zero-order valence-corrected chi connectivity index (χ0v) is 13.2. The second kappa shape index (κ2) is 6.56. The van der Waals surface area contributed by atoms with Gasteiger partial charge in [0.25, 0.3) is 0 Å². The van der Waals surface area contributed by atoms with Gasteiger partial charge in [0.2, 0.25) is 5.91 Å². The molecule has 2 atom stereocenters. The maximum absolute atomic E-state index is 12.8. The van der Waals surface area contributed by atoms with Gasteiger partial charge in [0, 0.05) is 24.4 Å². The molecule has 0 aromatic rings. The molecule has 0 bridgehead atoms. The number of hydrogen-bond donors (Lipinski definition) is 3. The average molecular weight is 310 g/mol. The van der Waals surface area contributed by atoms with E-state index >= 15 is 0 Å². The monoisotopic (exact) mass is 310 g/mol. The van der Waals surface area contributed by atoms with Crippen molar-refractivity contribution in [1.29, 1.82) is 0 Å². The smallest absolute Gasteiger partial charge is 0.326 e. The Bertz CT molecular complexity index is 473. The van der Waals surface area contributed by atoms with Gasteiger partial charge >= 0.3 is 5.97 Å². The highest BCUT2D eigenvalue weighted by molar-refractivity contribution is 5.87. The van der Waals surface area contributed by atoms with Crippen molar-refractivity contribution in [3.8, 4) is 0 Å². The summed E-state index contributed by atoms with van der Waals surface area (Å²) in [7, 11) is 0. The van der Waals surface area contributed by atoms with E-state index in [2.05, 4.69) is 0 Å². The maximum atomic E-state index is 12.8. The van der Waals surface area contributed by atoms with E-state index in [0.717, 1.165) is 12.8 Å². The van der Waals surface area contributed by atoms with E-state index in [4.69, 9.17) is 11.6 Å². The molecule has 1 saturated heterocycles. The van der Waals surface area contributed by atoms with Gasteiger partial charge in [-0.25, -0.2) is 10.6 Å². The number of hydrogen-bond acceptors (Lipinski definition) is 5. The maximum Gasteiger partial charge on any atom is 0.326 e. The van der Waals surface area contributed by atoms with Crippen LogP contribution in [0.1, 0.15) is 39.5 Å². The van der Waals surface area contributed by atoms with Crippen LogP contribution in [0.15, 0.2) is 11.9 Å². The molecule has 1 aliphatic heterocycles. The van der Waals surface area contributed by atoms with Crippen molar-refractivity contribution in [1.82, 2.24) is 9.91 Å². The lowest BCUT2D eigenvalue weighted by Gasteiger charge is -2.33. The fraction of sp³-hybridized carbons (Fsp3) is 0.733. The zero-order chi connectivity index (χ0) is 16.4. The van der Waals surface area contributed by atoms with E-state index < -0.39 is 18.1 Å². The fourth-order valence-corrected chi connectivity index (χ4v) is 2.99. The second-order valence-electron chi connectivity index (χ2n) is 6.57. The van der Waals surface area contributed by atoms with Crippen LogP contribution in [0.5, 0.6) is 0 Å². The number of hydrazine groups is 1. The molecule has 5 N–H and O–H groups in total. The summed E-state index contributed by atoms with van der Waals surface area (Å²) in [6, 6.07) is -1.34. The summed E-state index contributed by atoms with van der Waals surface area (Å²) >= 11 is 0. The molecule has 0 aromatic heterocycles. The fourth-order valence-electron chi connectivity index (χ4n) is 2.99. The number of allylic oxidation sites excluding steroid dienone is 1. The van der Waals surface area contributed by atoms with E-state index in [1.54, 1.807) is 6.20 Å². The van der Waals surface area contributed by atoms with Crippen molar-refractivity contribution in [2.75, 3.05) is 6.54 Å². The molecule has 0 spiro atoms. The van der Waals surface area contributed by atoms with Gasteiger partial charge in [0.05, 0.1) is 0 Å². The third-order valence-electron chi connectivity index (χ3n) is 4.37. The number of amides is 1. The summed E-state index contributed by atoms with van der Waals surface area (Å²) in [6.07, 6.45) is 4.95. The molecular formula is C15H26N4O3. The van der Waals surface area contributed by atoms with Crippen LogP contribution in [-0.2, 0) is 9.59 Å². The molecular weight excluding hydrogens is 284 g/mol. The Morgan fingerprint density at radius 2 is 1.95 bits per heavy atom. The number of carbonyl (C=O) groups is 2. The number of nitrogens with zero attached hydrogens (tertiary/aromatic N) is 2. The lowest BCUT2D eigenvalue weighted by Crippen LogP contribution is -2.54. The van der Waals surface area contributed by atoms with Crippen LogP contribution in [0, 0.1) is 11.8 Å². The van der Waals surface area contributed by atoms with Gasteiger partial charge in [0.15, 0.2) is 0 Å². The van der Waals surface area contributed by atoms with Crippen LogP contribution in [0.3, 0.4) is 0 Å². The summed E-state index contributed by atoms with van der Waals surface area (Å²) in [5.74, 6) is 5.19. The molecule has 0 radical (unpaired) electrons. The first-order chi connectivity index (χ1) is 10.3. The molecule has 7 nitrogen and oxygen atoms in total. The predicted molar refractivity (Wildman–Crippen MR) is 82.0 cm³/mol. The van der Waals surface area contributed by atoms with Gasteiger partial charge in [-0.1, -0.05) is 13.8 Å². The van der Waals surface area contributed by atoms with Crippen molar-refractivity contribution in [3.05, 3.63) is 11.9 Å². The molecule has 1 aliphatic carbocycles. The second-order valence-corrected chi connectivity index (χ2v) is 6.57. The number of carboxylic acid groups (broad SMARTS) is 1. The van der Waals surface area contributed by atoms with E-state index in [1.807, 2.05) is 13.8 Å². The number of rotatable bonds is 6. The average Bonchev–Trinajstić information content (AvgIpc) is 3.14. The van der Waals surface area contributed by atoms with Crippen molar-refractivity contribution in [3.63, 3.8) is 0 Å². The molecule has 1 amide bonds. The largest absolute Gasteiger partial charge is 0.480 e. The molecule has 0 aromatic carbocycles. The lowest BCUT2D eigenvalue weighted by atomic mass is 10.0. The van der Waals surface area contributed by atoms with E-state index in [9.17, 15) is 14.7 Å². The highest BCUT2D eigenvalue weighted by atomic mass is 16.4. The van der Waals surface area contributed by atoms with Crippen LogP contribution < -0.4 is 11.6 Å². The van der Waals surface area contributed by atoms with Gasteiger partial charge in [-0.15, -0.1) is 0 Å². The van der Waals surface area contributed by atoms with Crippen LogP contribution in [0.25, 0.3) is 0 Å². The summed E-state index contributed by atoms with van der Waals surface area (Å²) in [4.78, 5) is 25.5. The first kappa shape index (κ1) is 16.6. The molecule has 1 heterocycles. The minimum Gasteiger partial charge on any atom is -0.480 e. The van der Waals surface area contributed by atoms with Crippen LogP contribution in [0.2, 0.25) is 0 Å². The van der Waals surface area contributed by atoms with Crippen LogP contribution in [0.4, 0.5) is 0 Å². The van der Waals surface area contributed by atoms with Crippen molar-refractivity contribution in [2.45, 2.75) is 51.6 Å². The van der Waals surface area contributed by atoms with Crippen molar-refractivity contribution in [2.24, 2.45) is 23.4 Å². The Hall–Kier alpha value is -1.76.